The maximum atomic E-state index is 12.0. The van der Waals surface area contributed by atoms with Gasteiger partial charge in [-0.2, -0.15) is 0 Å². The van der Waals surface area contributed by atoms with Gasteiger partial charge in [0.2, 0.25) is 0 Å². The van der Waals surface area contributed by atoms with Gasteiger partial charge in [0.15, 0.2) is 0 Å². The second-order valence-electron chi connectivity index (χ2n) is 8.99. The first-order valence-corrected chi connectivity index (χ1v) is 11.5. The van der Waals surface area contributed by atoms with Gasteiger partial charge >= 0.3 is 5.97 Å². The highest BCUT2D eigenvalue weighted by atomic mass is 16.5. The zero-order chi connectivity index (χ0) is 22.0. The molecule has 2 aliphatic heterocycles. The summed E-state index contributed by atoms with van der Waals surface area (Å²) in [7, 11) is 0. The van der Waals surface area contributed by atoms with Crippen LogP contribution in [0, 0.1) is 12.3 Å². The zero-order valence-electron chi connectivity index (χ0n) is 18.9. The molecule has 164 valence electrons. The van der Waals surface area contributed by atoms with E-state index in [2.05, 4.69) is 48.2 Å². The summed E-state index contributed by atoms with van der Waals surface area (Å²) in [6, 6.07) is 15.0. The Labute approximate surface area is 185 Å². The molecule has 0 spiro atoms. The zero-order valence-corrected chi connectivity index (χ0v) is 18.9. The Morgan fingerprint density at radius 3 is 2.45 bits per heavy atom. The molecule has 0 radical (unpaired) electrons. The summed E-state index contributed by atoms with van der Waals surface area (Å²) in [6.07, 6.45) is 3.25. The number of carbonyl (C=O) groups is 1. The topological polar surface area (TPSA) is 49.8 Å². The molecule has 2 aromatic carbocycles. The number of piperidine rings is 1. The summed E-state index contributed by atoms with van der Waals surface area (Å²) < 4.78 is 6.18. The van der Waals surface area contributed by atoms with Crippen molar-refractivity contribution in [3.8, 4) is 5.75 Å². The number of benzene rings is 2. The normalized spacial score (nSPS) is 16.9. The first-order valence-electron chi connectivity index (χ1n) is 11.5. The van der Waals surface area contributed by atoms with Crippen molar-refractivity contribution in [2.24, 2.45) is 5.41 Å². The minimum Gasteiger partial charge on any atom is -0.488 e. The van der Waals surface area contributed by atoms with Crippen LogP contribution in [0.1, 0.15) is 61.8 Å². The molecule has 2 heterocycles. The number of hydrogen-bond acceptors (Lipinski definition) is 3. The molecular formula is C27H33NO3. The fourth-order valence-electron chi connectivity index (χ4n) is 5.07. The Morgan fingerprint density at radius 2 is 1.77 bits per heavy atom. The van der Waals surface area contributed by atoms with E-state index in [1.807, 2.05) is 19.9 Å². The van der Waals surface area contributed by atoms with Gasteiger partial charge in [-0.05, 0) is 55.4 Å². The van der Waals surface area contributed by atoms with Crippen LogP contribution in [0.5, 0.6) is 5.75 Å². The van der Waals surface area contributed by atoms with Gasteiger partial charge in [-0.15, -0.1) is 0 Å². The molecule has 0 unspecified atom stereocenters. The highest BCUT2D eigenvalue weighted by Gasteiger charge is 2.37. The van der Waals surface area contributed by atoms with E-state index in [1.54, 1.807) is 0 Å². The standard InChI is InChI=1S/C27H33NO3/c1-4-27(5-2,26(29)30)18-28-14-12-20(13-15-28)25-22-11-10-19(3)16-21(22)17-31-24-9-7-6-8-23(24)25/h6-11,16H,4-5,12-15,17-18H2,1-3H3,(H,29,30). The molecule has 4 heteroatoms. The van der Waals surface area contributed by atoms with Crippen molar-refractivity contribution in [2.75, 3.05) is 19.6 Å². The number of ether oxygens (including phenoxy) is 1. The Morgan fingerprint density at radius 1 is 1.06 bits per heavy atom. The van der Waals surface area contributed by atoms with Crippen molar-refractivity contribution in [1.82, 2.24) is 4.90 Å². The van der Waals surface area contributed by atoms with Gasteiger partial charge in [0.25, 0.3) is 0 Å². The lowest BCUT2D eigenvalue weighted by molar-refractivity contribution is -0.150. The van der Waals surface area contributed by atoms with Gasteiger partial charge in [0.05, 0.1) is 5.41 Å². The molecule has 1 saturated heterocycles. The lowest BCUT2D eigenvalue weighted by Crippen LogP contribution is -2.44. The molecule has 0 atom stereocenters. The molecule has 4 nitrogen and oxygen atoms in total. The van der Waals surface area contributed by atoms with E-state index < -0.39 is 11.4 Å². The largest absolute Gasteiger partial charge is 0.488 e. The van der Waals surface area contributed by atoms with Crippen LogP contribution in [0.25, 0.3) is 5.57 Å². The number of aliphatic carboxylic acids is 1. The van der Waals surface area contributed by atoms with Crippen LogP contribution in [0.2, 0.25) is 0 Å². The number of fused-ring (bicyclic) bond motifs is 2. The van der Waals surface area contributed by atoms with Gasteiger partial charge < -0.3 is 14.7 Å². The molecule has 0 saturated carbocycles. The van der Waals surface area contributed by atoms with Crippen molar-refractivity contribution in [1.29, 1.82) is 0 Å². The summed E-state index contributed by atoms with van der Waals surface area (Å²) in [4.78, 5) is 14.3. The van der Waals surface area contributed by atoms with Crippen LogP contribution in [-0.4, -0.2) is 35.6 Å². The van der Waals surface area contributed by atoms with Gasteiger partial charge in [-0.1, -0.05) is 61.4 Å². The third kappa shape index (κ3) is 4.14. The quantitative estimate of drug-likeness (QED) is 0.678. The van der Waals surface area contributed by atoms with E-state index in [0.717, 1.165) is 31.7 Å². The van der Waals surface area contributed by atoms with Gasteiger partial charge in [0, 0.05) is 25.2 Å². The third-order valence-electron chi connectivity index (χ3n) is 7.22. The fraction of sp³-hybridized carbons (Fsp3) is 0.444. The van der Waals surface area contributed by atoms with E-state index >= 15 is 0 Å². The monoisotopic (exact) mass is 419 g/mol. The maximum absolute atomic E-state index is 12.0. The summed E-state index contributed by atoms with van der Waals surface area (Å²) >= 11 is 0. The number of aryl methyl sites for hydroxylation is 1. The number of nitrogens with zero attached hydrogens (tertiary/aromatic N) is 1. The molecule has 1 fully saturated rings. The average Bonchev–Trinajstić information content (AvgIpc) is 2.94. The number of hydrogen-bond donors (Lipinski definition) is 1. The summed E-state index contributed by atoms with van der Waals surface area (Å²) in [5, 5.41) is 9.83. The van der Waals surface area contributed by atoms with Gasteiger partial charge in [0.1, 0.15) is 12.4 Å². The molecule has 0 bridgehead atoms. The number of carboxylic acids is 1. The lowest BCUT2D eigenvalue weighted by Gasteiger charge is -2.37. The van der Waals surface area contributed by atoms with Crippen LogP contribution >= 0.6 is 0 Å². The van der Waals surface area contributed by atoms with E-state index in [1.165, 1.54) is 33.4 Å². The highest BCUT2D eigenvalue weighted by molar-refractivity contribution is 5.87. The minimum absolute atomic E-state index is 0.588. The van der Waals surface area contributed by atoms with Crippen LogP contribution in [-0.2, 0) is 11.4 Å². The van der Waals surface area contributed by atoms with Crippen molar-refractivity contribution in [3.05, 3.63) is 70.3 Å². The lowest BCUT2D eigenvalue weighted by atomic mass is 9.81. The van der Waals surface area contributed by atoms with Crippen LogP contribution in [0.15, 0.2) is 48.0 Å². The van der Waals surface area contributed by atoms with Crippen molar-refractivity contribution < 1.29 is 14.6 Å². The van der Waals surface area contributed by atoms with E-state index in [0.29, 0.717) is 26.0 Å². The summed E-state index contributed by atoms with van der Waals surface area (Å²) in [6.45, 7) is 9.14. The molecular weight excluding hydrogens is 386 g/mol. The number of para-hydroxylation sites is 1. The van der Waals surface area contributed by atoms with Crippen molar-refractivity contribution >= 4 is 11.5 Å². The molecule has 1 N–H and O–H groups in total. The molecule has 4 rings (SSSR count). The molecule has 2 aliphatic rings. The van der Waals surface area contributed by atoms with Crippen LogP contribution in [0.4, 0.5) is 0 Å². The van der Waals surface area contributed by atoms with E-state index in [9.17, 15) is 9.90 Å². The van der Waals surface area contributed by atoms with E-state index in [4.69, 9.17) is 4.74 Å². The number of rotatable bonds is 5. The Kier molecular flexibility index (Phi) is 6.19. The number of likely N-dealkylation sites (tertiary alicyclic amines) is 1. The Bertz CT molecular complexity index is 993. The molecule has 0 aliphatic carbocycles. The van der Waals surface area contributed by atoms with Crippen molar-refractivity contribution in [3.63, 3.8) is 0 Å². The van der Waals surface area contributed by atoms with Crippen LogP contribution in [0.3, 0.4) is 0 Å². The minimum atomic E-state index is -0.666. The van der Waals surface area contributed by atoms with Gasteiger partial charge in [-0.3, -0.25) is 4.79 Å². The number of carboxylic acid groups (broad SMARTS) is 1. The third-order valence-corrected chi connectivity index (χ3v) is 7.22. The second-order valence-corrected chi connectivity index (χ2v) is 8.99. The highest BCUT2D eigenvalue weighted by Crippen LogP contribution is 2.41. The Balaban J connectivity index is 1.67. The predicted octanol–water partition coefficient (Wildman–Crippen LogP) is 5.68. The van der Waals surface area contributed by atoms with E-state index in [-0.39, 0.29) is 0 Å². The fourth-order valence-corrected chi connectivity index (χ4v) is 5.07. The predicted molar refractivity (Wildman–Crippen MR) is 124 cm³/mol. The smallest absolute Gasteiger partial charge is 0.310 e. The Hall–Kier alpha value is -2.59. The van der Waals surface area contributed by atoms with Crippen molar-refractivity contribution in [2.45, 2.75) is 53.1 Å². The SMILES string of the molecule is CCC(CC)(CN1CCC(=C2c3ccc(C)cc3COc3ccccc32)CC1)C(=O)O. The summed E-state index contributed by atoms with van der Waals surface area (Å²) in [5.74, 6) is 0.281. The average molecular weight is 420 g/mol. The molecule has 0 amide bonds. The molecule has 0 aromatic heterocycles. The van der Waals surface area contributed by atoms with Crippen LogP contribution < -0.4 is 4.74 Å². The second kappa shape index (κ2) is 8.88. The maximum Gasteiger partial charge on any atom is 0.310 e. The van der Waals surface area contributed by atoms with Gasteiger partial charge in [-0.25, -0.2) is 0 Å². The molecule has 31 heavy (non-hydrogen) atoms. The molecule has 2 aromatic rings. The summed E-state index contributed by atoms with van der Waals surface area (Å²) in [5.41, 5.74) is 7.07. The first-order chi connectivity index (χ1) is 15.0. The first kappa shape index (κ1) is 21.6.